The third kappa shape index (κ3) is 3.76. The third-order valence-electron chi connectivity index (χ3n) is 4.32. The highest BCUT2D eigenvalue weighted by Gasteiger charge is 2.60. The van der Waals surface area contributed by atoms with E-state index in [1.807, 2.05) is 31.0 Å². The van der Waals surface area contributed by atoms with Crippen molar-refractivity contribution in [1.29, 1.82) is 10.5 Å². The largest absolute Gasteiger partial charge is 0.437 e. The second kappa shape index (κ2) is 7.86. The first-order valence-corrected chi connectivity index (χ1v) is 9.32. The maximum Gasteiger partial charge on any atom is 0.377 e. The second-order valence-corrected chi connectivity index (χ2v) is 7.37. The molecule has 0 amide bonds. The maximum atomic E-state index is 10.3. The zero-order valence-corrected chi connectivity index (χ0v) is 15.2. The summed E-state index contributed by atoms with van der Waals surface area (Å²) in [6, 6.07) is 3.74. The number of nitriles is 2. The van der Waals surface area contributed by atoms with E-state index in [0.717, 1.165) is 5.75 Å². The highest BCUT2D eigenvalue weighted by atomic mass is 32.2. The van der Waals surface area contributed by atoms with Crippen LogP contribution in [0.1, 0.15) is 13.8 Å². The number of rotatable bonds is 6. The molecular formula is C15H23BN4O3S. The Labute approximate surface area is 147 Å². The first-order chi connectivity index (χ1) is 11.4. The molecule has 0 bridgehead atoms. The molecule has 2 saturated heterocycles. The lowest BCUT2D eigenvalue weighted by molar-refractivity contribution is -0.163. The van der Waals surface area contributed by atoms with E-state index < -0.39 is 18.8 Å². The van der Waals surface area contributed by atoms with Crippen molar-refractivity contribution in [3.63, 3.8) is 0 Å². The highest BCUT2D eigenvalue weighted by molar-refractivity contribution is 7.98. The number of hydrogen-bond acceptors (Lipinski definition) is 8. The van der Waals surface area contributed by atoms with Crippen LogP contribution in [0, 0.1) is 28.6 Å². The van der Waals surface area contributed by atoms with Crippen LogP contribution >= 0.6 is 11.8 Å². The molecule has 0 aromatic rings. The number of hydrogen-bond donors (Lipinski definition) is 1. The quantitative estimate of drug-likeness (QED) is 0.429. The summed E-state index contributed by atoms with van der Waals surface area (Å²) in [7, 11) is -0.742. The van der Waals surface area contributed by atoms with Gasteiger partial charge in [-0.05, 0) is 26.9 Å². The van der Waals surface area contributed by atoms with Crippen LogP contribution < -0.4 is 0 Å². The molecule has 2 heterocycles. The maximum absolute atomic E-state index is 10.3. The minimum atomic E-state index is -0.742. The van der Waals surface area contributed by atoms with Crippen molar-refractivity contribution < 1.29 is 14.5 Å². The van der Waals surface area contributed by atoms with Crippen LogP contribution in [-0.2, 0) is 9.47 Å². The molecule has 2 aliphatic rings. The lowest BCUT2D eigenvalue weighted by atomic mass is 9.80. The van der Waals surface area contributed by atoms with E-state index in [-0.39, 0.29) is 30.8 Å². The molecule has 0 aromatic heterocycles. The minimum Gasteiger partial charge on any atom is -0.437 e. The van der Waals surface area contributed by atoms with Gasteiger partial charge in [0.05, 0.1) is 24.1 Å². The number of fused-ring (bicyclic) bond motifs is 1. The third-order valence-corrected chi connectivity index (χ3v) is 5.00. The number of nitrogens with zero attached hydrogens (tertiary/aromatic N) is 4. The molecule has 24 heavy (non-hydrogen) atoms. The van der Waals surface area contributed by atoms with E-state index in [1.54, 1.807) is 18.6 Å². The van der Waals surface area contributed by atoms with Crippen molar-refractivity contribution in [2.24, 2.45) is 10.9 Å². The standard InChI is InChI=1S/C15H23BN4O3S/c1-15(2)22-13-11(9-24-4)20(16(3)21)12(14(13)23-15)10(7-18)8-19-6-5-17/h8,10-14,21H,6,9H2,1-4H3/t10?,11-,12+,13-,14+/m1/s1. The van der Waals surface area contributed by atoms with Crippen LogP contribution in [0.4, 0.5) is 0 Å². The van der Waals surface area contributed by atoms with Gasteiger partial charge in [-0.15, -0.1) is 0 Å². The second-order valence-electron chi connectivity index (χ2n) is 6.46. The zero-order valence-electron chi connectivity index (χ0n) is 14.4. The van der Waals surface area contributed by atoms with Gasteiger partial charge in [0.2, 0.25) is 0 Å². The summed E-state index contributed by atoms with van der Waals surface area (Å²) in [6.07, 6.45) is 2.95. The van der Waals surface area contributed by atoms with Gasteiger partial charge in [-0.2, -0.15) is 22.3 Å². The fourth-order valence-electron chi connectivity index (χ4n) is 3.61. The molecule has 130 valence electrons. The van der Waals surface area contributed by atoms with Crippen molar-refractivity contribution in [2.75, 3.05) is 18.6 Å². The average molecular weight is 350 g/mol. The molecule has 2 rings (SSSR count). The predicted octanol–water partition coefficient (Wildman–Crippen LogP) is 0.767. The van der Waals surface area contributed by atoms with Crippen molar-refractivity contribution >= 4 is 25.0 Å². The monoisotopic (exact) mass is 350 g/mol. The van der Waals surface area contributed by atoms with Crippen LogP contribution in [-0.4, -0.2) is 71.7 Å². The van der Waals surface area contributed by atoms with Gasteiger partial charge in [0, 0.05) is 18.0 Å². The van der Waals surface area contributed by atoms with Gasteiger partial charge in [0.25, 0.3) is 0 Å². The van der Waals surface area contributed by atoms with Gasteiger partial charge in [-0.25, -0.2) is 0 Å². The van der Waals surface area contributed by atoms with E-state index in [2.05, 4.69) is 11.1 Å². The van der Waals surface area contributed by atoms with Gasteiger partial charge >= 0.3 is 7.05 Å². The van der Waals surface area contributed by atoms with Gasteiger partial charge in [-0.1, -0.05) is 0 Å². The molecule has 7 nitrogen and oxygen atoms in total. The molecule has 1 unspecified atom stereocenters. The number of thioether (sulfide) groups is 1. The van der Waals surface area contributed by atoms with Crippen molar-refractivity contribution in [3.05, 3.63) is 0 Å². The summed E-state index contributed by atoms with van der Waals surface area (Å²) < 4.78 is 12.1. The Morgan fingerprint density at radius 3 is 2.62 bits per heavy atom. The summed E-state index contributed by atoms with van der Waals surface area (Å²) in [4.78, 5) is 5.90. The summed E-state index contributed by atoms with van der Waals surface area (Å²) in [5.41, 5.74) is 0. The molecule has 9 heteroatoms. The Morgan fingerprint density at radius 2 is 2.08 bits per heavy atom. The topological polar surface area (TPSA) is 102 Å². The van der Waals surface area contributed by atoms with Crippen LogP contribution in [0.3, 0.4) is 0 Å². The van der Waals surface area contributed by atoms with E-state index in [4.69, 9.17) is 14.7 Å². The Bertz CT molecular complexity index is 560. The van der Waals surface area contributed by atoms with Gasteiger partial charge in [0.15, 0.2) is 5.79 Å². The molecule has 0 spiro atoms. The molecular weight excluding hydrogens is 327 g/mol. The van der Waals surface area contributed by atoms with Gasteiger partial charge < -0.3 is 19.3 Å². The Morgan fingerprint density at radius 1 is 1.42 bits per heavy atom. The summed E-state index contributed by atoms with van der Waals surface area (Å²) in [6.45, 7) is 5.41. The first kappa shape index (κ1) is 19.2. The molecule has 0 radical (unpaired) electrons. The summed E-state index contributed by atoms with van der Waals surface area (Å²) >= 11 is 1.66. The molecule has 0 saturated carbocycles. The van der Waals surface area contributed by atoms with E-state index >= 15 is 0 Å². The molecule has 2 fully saturated rings. The number of aliphatic imine (C=N–C) groups is 1. The normalized spacial score (nSPS) is 33.1. The zero-order chi connectivity index (χ0) is 17.9. The summed E-state index contributed by atoms with van der Waals surface area (Å²) in [5.74, 6) is -0.557. The lowest BCUT2D eigenvalue weighted by Crippen LogP contribution is -2.53. The van der Waals surface area contributed by atoms with Crippen molar-refractivity contribution in [2.45, 2.75) is 50.7 Å². The van der Waals surface area contributed by atoms with E-state index in [9.17, 15) is 10.3 Å². The smallest absolute Gasteiger partial charge is 0.377 e. The van der Waals surface area contributed by atoms with Crippen molar-refractivity contribution in [3.8, 4) is 12.1 Å². The molecule has 0 aliphatic carbocycles. The Balaban J connectivity index is 2.37. The van der Waals surface area contributed by atoms with Crippen molar-refractivity contribution in [1.82, 2.24) is 4.81 Å². The lowest BCUT2D eigenvalue weighted by Gasteiger charge is -2.35. The fourth-order valence-corrected chi connectivity index (χ4v) is 4.32. The minimum absolute atomic E-state index is 0.00473. The van der Waals surface area contributed by atoms with Crippen LogP contribution in [0.25, 0.3) is 0 Å². The highest BCUT2D eigenvalue weighted by Crippen LogP contribution is 2.43. The number of ether oxygens (including phenoxy) is 2. The molecule has 0 aromatic carbocycles. The van der Waals surface area contributed by atoms with Crippen LogP contribution in [0.5, 0.6) is 0 Å². The Hall–Kier alpha value is -1.10. The SMILES string of the molecule is CSC[C@@H]1[C@H]2OC(C)(C)O[C@H]2[C@H](C(C#N)C=NCC#N)N1B(C)O. The van der Waals surface area contributed by atoms with Gasteiger partial charge in [0.1, 0.15) is 18.8 Å². The fraction of sp³-hybridized carbons (Fsp3) is 0.800. The average Bonchev–Trinajstić information content (AvgIpc) is 2.96. The van der Waals surface area contributed by atoms with Crippen LogP contribution in [0.2, 0.25) is 6.82 Å². The first-order valence-electron chi connectivity index (χ1n) is 7.93. The van der Waals surface area contributed by atoms with E-state index in [0.29, 0.717) is 0 Å². The Kier molecular flexibility index (Phi) is 6.30. The van der Waals surface area contributed by atoms with Crippen LogP contribution in [0.15, 0.2) is 4.99 Å². The van der Waals surface area contributed by atoms with E-state index in [1.165, 1.54) is 6.21 Å². The molecule has 2 aliphatic heterocycles. The molecule has 5 atom stereocenters. The van der Waals surface area contributed by atoms with Gasteiger partial charge in [-0.3, -0.25) is 4.99 Å². The predicted molar refractivity (Wildman–Crippen MR) is 93.5 cm³/mol. The summed E-state index contributed by atoms with van der Waals surface area (Å²) in [5, 5.41) is 28.6. The molecule has 1 N–H and O–H groups in total.